The van der Waals surface area contributed by atoms with E-state index in [-0.39, 0.29) is 0 Å². The van der Waals surface area contributed by atoms with Crippen LogP contribution in [0.3, 0.4) is 0 Å². The molecule has 0 spiro atoms. The Labute approximate surface area is 121 Å². The van der Waals surface area contributed by atoms with Crippen LogP contribution in [0.1, 0.15) is 20.3 Å². The van der Waals surface area contributed by atoms with Gasteiger partial charge in [0.15, 0.2) is 0 Å². The lowest BCUT2D eigenvalue weighted by atomic mass is 10.1. The van der Waals surface area contributed by atoms with Gasteiger partial charge in [-0.1, -0.05) is 50.3 Å². The average Bonchev–Trinajstić information content (AvgIpc) is 2.76. The smallest absolute Gasteiger partial charge is 0.122 e. The Hall–Kier alpha value is -1.58. The van der Waals surface area contributed by atoms with Gasteiger partial charge in [-0.15, -0.1) is 0 Å². The van der Waals surface area contributed by atoms with E-state index in [0.29, 0.717) is 19.2 Å². The van der Waals surface area contributed by atoms with E-state index in [1.54, 1.807) is 0 Å². The van der Waals surface area contributed by atoms with Crippen LogP contribution >= 0.6 is 0 Å². The van der Waals surface area contributed by atoms with Crippen LogP contribution in [-0.4, -0.2) is 30.4 Å². The Balaban J connectivity index is 1.91. The molecule has 0 aromatic heterocycles. The van der Waals surface area contributed by atoms with Crippen molar-refractivity contribution in [2.75, 3.05) is 13.2 Å². The maximum absolute atomic E-state index is 9.90. The molecule has 0 amide bonds. The number of ether oxygens (including phenoxy) is 1. The van der Waals surface area contributed by atoms with Crippen LogP contribution in [0.25, 0.3) is 0 Å². The number of aliphatic hydroxyl groups excluding tert-OH is 1. The Bertz CT molecular complexity index is 481. The number of aliphatic hydroxyl groups is 1. The van der Waals surface area contributed by atoms with Gasteiger partial charge in [0, 0.05) is 19.0 Å². The zero-order valence-corrected chi connectivity index (χ0v) is 12.2. The van der Waals surface area contributed by atoms with E-state index in [0.717, 1.165) is 17.8 Å². The van der Waals surface area contributed by atoms with Crippen LogP contribution in [0.5, 0.6) is 0 Å². The molecule has 1 atom stereocenters. The van der Waals surface area contributed by atoms with Crippen molar-refractivity contribution in [2.45, 2.75) is 32.4 Å². The van der Waals surface area contributed by atoms with E-state index in [1.165, 1.54) is 5.57 Å². The van der Waals surface area contributed by atoms with Crippen molar-refractivity contribution in [2.24, 2.45) is 0 Å². The van der Waals surface area contributed by atoms with Gasteiger partial charge in [0.25, 0.3) is 0 Å². The molecular weight excluding hydrogens is 250 g/mol. The molecule has 2 bridgehead atoms. The lowest BCUT2D eigenvalue weighted by Crippen LogP contribution is -2.34. The first kappa shape index (κ1) is 14.8. The van der Waals surface area contributed by atoms with Crippen LogP contribution in [0.4, 0.5) is 0 Å². The fraction of sp³-hybridized carbons (Fsp3) is 0.412. The zero-order valence-electron chi connectivity index (χ0n) is 12.2. The summed E-state index contributed by atoms with van der Waals surface area (Å²) in [4.78, 5) is 0. The molecular formula is C17H23NO2. The predicted octanol–water partition coefficient (Wildman–Crippen LogP) is 2.63. The molecule has 3 heteroatoms. The van der Waals surface area contributed by atoms with E-state index < -0.39 is 6.10 Å². The lowest BCUT2D eigenvalue weighted by molar-refractivity contribution is 0.0725. The van der Waals surface area contributed by atoms with Crippen LogP contribution in [0.2, 0.25) is 0 Å². The van der Waals surface area contributed by atoms with Gasteiger partial charge in [0.05, 0.1) is 0 Å². The minimum atomic E-state index is -0.498. The van der Waals surface area contributed by atoms with Crippen LogP contribution in [-0.2, 0) is 4.74 Å². The summed E-state index contributed by atoms with van der Waals surface area (Å²) in [6.07, 6.45) is 14.7. The number of fused-ring (bicyclic) bond motifs is 2. The van der Waals surface area contributed by atoms with Crippen LogP contribution < -0.4 is 5.32 Å². The van der Waals surface area contributed by atoms with Gasteiger partial charge in [-0.25, -0.2) is 0 Å². The van der Waals surface area contributed by atoms with Gasteiger partial charge in [0.1, 0.15) is 18.5 Å². The molecule has 2 rings (SSSR count). The highest BCUT2D eigenvalue weighted by Gasteiger charge is 2.13. The summed E-state index contributed by atoms with van der Waals surface area (Å²) in [5, 5.41) is 13.1. The lowest BCUT2D eigenvalue weighted by Gasteiger charge is -2.17. The molecule has 0 aliphatic heterocycles. The second-order valence-corrected chi connectivity index (χ2v) is 5.41. The van der Waals surface area contributed by atoms with E-state index in [2.05, 4.69) is 37.4 Å². The van der Waals surface area contributed by atoms with E-state index in [9.17, 15) is 5.11 Å². The molecule has 0 saturated heterocycles. The molecule has 0 aromatic carbocycles. The monoisotopic (exact) mass is 273 g/mol. The average molecular weight is 273 g/mol. The first-order chi connectivity index (χ1) is 9.65. The molecule has 108 valence electrons. The summed E-state index contributed by atoms with van der Waals surface area (Å²) in [5.74, 6) is 0.847. The molecule has 2 aliphatic rings. The Kier molecular flexibility index (Phi) is 5.39. The van der Waals surface area contributed by atoms with Gasteiger partial charge in [-0.3, -0.25) is 0 Å². The summed E-state index contributed by atoms with van der Waals surface area (Å²) in [6, 6.07) is 0.368. The highest BCUT2D eigenvalue weighted by molar-refractivity contribution is 5.45. The second kappa shape index (κ2) is 7.27. The van der Waals surface area contributed by atoms with Crippen LogP contribution in [0.15, 0.2) is 59.4 Å². The second-order valence-electron chi connectivity index (χ2n) is 5.41. The Morgan fingerprint density at radius 1 is 1.20 bits per heavy atom. The topological polar surface area (TPSA) is 41.5 Å². The van der Waals surface area contributed by atoms with Gasteiger partial charge in [0.2, 0.25) is 0 Å². The molecule has 0 radical (unpaired) electrons. The van der Waals surface area contributed by atoms with E-state index in [4.69, 9.17) is 4.74 Å². The van der Waals surface area contributed by atoms with Crippen molar-refractivity contribution in [3.63, 3.8) is 0 Å². The summed E-state index contributed by atoms with van der Waals surface area (Å²) in [5.41, 5.74) is 2.42. The fourth-order valence-corrected chi connectivity index (χ4v) is 2.10. The van der Waals surface area contributed by atoms with E-state index >= 15 is 0 Å². The molecule has 2 aliphatic carbocycles. The molecule has 20 heavy (non-hydrogen) atoms. The van der Waals surface area contributed by atoms with Gasteiger partial charge in [-0.05, 0) is 17.2 Å². The highest BCUT2D eigenvalue weighted by Crippen LogP contribution is 2.26. The van der Waals surface area contributed by atoms with Gasteiger partial charge >= 0.3 is 0 Å². The summed E-state index contributed by atoms with van der Waals surface area (Å²) >= 11 is 0. The minimum absolute atomic E-state index is 0.305. The van der Waals surface area contributed by atoms with Crippen molar-refractivity contribution >= 4 is 0 Å². The van der Waals surface area contributed by atoms with Crippen molar-refractivity contribution in [3.8, 4) is 0 Å². The minimum Gasteiger partial charge on any atom is -0.491 e. The molecule has 0 aromatic rings. The van der Waals surface area contributed by atoms with Crippen LogP contribution in [0, 0.1) is 0 Å². The summed E-state index contributed by atoms with van der Waals surface area (Å²) < 4.78 is 5.79. The largest absolute Gasteiger partial charge is 0.491 e. The van der Waals surface area contributed by atoms with Crippen molar-refractivity contribution < 1.29 is 9.84 Å². The normalized spacial score (nSPS) is 18.9. The molecule has 1 unspecified atom stereocenters. The highest BCUT2D eigenvalue weighted by atomic mass is 16.5. The Morgan fingerprint density at radius 2 is 2.00 bits per heavy atom. The molecule has 0 saturated carbocycles. The molecule has 0 heterocycles. The number of rotatable bonds is 6. The van der Waals surface area contributed by atoms with Gasteiger partial charge in [-0.2, -0.15) is 0 Å². The van der Waals surface area contributed by atoms with Crippen molar-refractivity contribution in [3.05, 3.63) is 59.4 Å². The third kappa shape index (κ3) is 4.51. The number of hydrogen-bond donors (Lipinski definition) is 2. The number of allylic oxidation sites excluding steroid dienone is 9. The first-order valence-corrected chi connectivity index (χ1v) is 7.14. The third-order valence-electron chi connectivity index (χ3n) is 3.18. The molecule has 2 N–H and O–H groups in total. The van der Waals surface area contributed by atoms with Gasteiger partial charge < -0.3 is 15.2 Å². The summed E-state index contributed by atoms with van der Waals surface area (Å²) in [7, 11) is 0. The third-order valence-corrected chi connectivity index (χ3v) is 3.18. The fourth-order valence-electron chi connectivity index (χ4n) is 2.10. The predicted molar refractivity (Wildman–Crippen MR) is 82.2 cm³/mol. The number of nitrogens with one attached hydrogen (secondary N) is 1. The maximum Gasteiger partial charge on any atom is 0.122 e. The maximum atomic E-state index is 9.90. The quantitative estimate of drug-likeness (QED) is 0.781. The van der Waals surface area contributed by atoms with E-state index in [1.807, 2.05) is 24.3 Å². The molecule has 3 nitrogen and oxygen atoms in total. The summed E-state index contributed by atoms with van der Waals surface area (Å²) in [6.45, 7) is 4.97. The number of hydrogen-bond acceptors (Lipinski definition) is 3. The first-order valence-electron chi connectivity index (χ1n) is 7.14. The standard InChI is InChI=1S/C17H23NO2/c1-13(2)18-11-16(19)12-20-17-9-5-7-14-6-3-4-8-15(17)10-14/h3-9,13,16,18-19H,10-12H2,1-2H3. The Morgan fingerprint density at radius 3 is 2.80 bits per heavy atom. The van der Waals surface area contributed by atoms with Crippen molar-refractivity contribution in [1.82, 2.24) is 5.32 Å². The SMILES string of the molecule is CC(C)NCC(O)COC1=CC=CC2=CC=CC=C1C2. The zero-order chi connectivity index (χ0) is 14.4. The molecule has 0 fully saturated rings. The van der Waals surface area contributed by atoms with Crippen molar-refractivity contribution in [1.29, 1.82) is 0 Å².